The summed E-state index contributed by atoms with van der Waals surface area (Å²) in [6.07, 6.45) is 7.67. The maximum absolute atomic E-state index is 4.64. The van der Waals surface area contributed by atoms with Gasteiger partial charge in [0.05, 0.1) is 10.2 Å². The molecule has 0 amide bonds. The number of hydrogen-bond acceptors (Lipinski definition) is 4. The Morgan fingerprint density at radius 1 is 1.33 bits per heavy atom. The molecule has 1 saturated carbocycles. The standard InChI is InChI=1S/C14H18N2S2/c1-17-14(8-4-5-9-14)10-15-13-16-11-6-2-3-7-12(11)18-13/h2-3,6-7H,4-5,8-10H2,1H3,(H,15,16). The first-order chi connectivity index (χ1) is 8.81. The fourth-order valence-electron chi connectivity index (χ4n) is 2.66. The Bertz CT molecular complexity index is 496. The molecule has 0 saturated heterocycles. The van der Waals surface area contributed by atoms with Crippen molar-refractivity contribution >= 4 is 38.4 Å². The third-order valence-electron chi connectivity index (χ3n) is 3.80. The van der Waals surface area contributed by atoms with Crippen molar-refractivity contribution in [1.29, 1.82) is 0 Å². The van der Waals surface area contributed by atoms with Crippen molar-refractivity contribution in [2.75, 3.05) is 18.1 Å². The molecule has 4 heteroatoms. The van der Waals surface area contributed by atoms with Crippen LogP contribution < -0.4 is 5.32 Å². The first-order valence-electron chi connectivity index (χ1n) is 6.46. The van der Waals surface area contributed by atoms with Gasteiger partial charge in [0, 0.05) is 11.3 Å². The molecule has 1 fully saturated rings. The van der Waals surface area contributed by atoms with Gasteiger partial charge in [0.1, 0.15) is 0 Å². The maximum atomic E-state index is 4.64. The van der Waals surface area contributed by atoms with Crippen LogP contribution >= 0.6 is 23.1 Å². The third kappa shape index (κ3) is 2.36. The molecule has 18 heavy (non-hydrogen) atoms. The smallest absolute Gasteiger partial charge is 0.183 e. The van der Waals surface area contributed by atoms with Crippen LogP contribution in [0.1, 0.15) is 25.7 Å². The molecule has 0 spiro atoms. The molecule has 1 aromatic heterocycles. The van der Waals surface area contributed by atoms with Crippen molar-refractivity contribution in [3.05, 3.63) is 24.3 Å². The number of nitrogens with one attached hydrogen (secondary N) is 1. The minimum absolute atomic E-state index is 0.442. The Morgan fingerprint density at radius 3 is 2.83 bits per heavy atom. The van der Waals surface area contributed by atoms with Crippen LogP contribution in [0.5, 0.6) is 0 Å². The van der Waals surface area contributed by atoms with Gasteiger partial charge in [-0.15, -0.1) is 0 Å². The molecule has 1 aliphatic rings. The monoisotopic (exact) mass is 278 g/mol. The lowest BCUT2D eigenvalue weighted by Gasteiger charge is -2.26. The average Bonchev–Trinajstić information content (AvgIpc) is 3.03. The number of benzene rings is 1. The average molecular weight is 278 g/mol. The van der Waals surface area contributed by atoms with E-state index in [9.17, 15) is 0 Å². The van der Waals surface area contributed by atoms with E-state index in [1.54, 1.807) is 11.3 Å². The Kier molecular flexibility index (Phi) is 3.48. The van der Waals surface area contributed by atoms with E-state index in [-0.39, 0.29) is 0 Å². The quantitative estimate of drug-likeness (QED) is 0.898. The number of rotatable bonds is 4. The molecular formula is C14H18N2S2. The number of fused-ring (bicyclic) bond motifs is 1. The van der Waals surface area contributed by atoms with Crippen molar-refractivity contribution in [2.45, 2.75) is 30.4 Å². The van der Waals surface area contributed by atoms with Gasteiger partial charge >= 0.3 is 0 Å². The predicted octanol–water partition coefficient (Wildman–Crippen LogP) is 4.38. The molecule has 3 rings (SSSR count). The first-order valence-corrected chi connectivity index (χ1v) is 8.50. The minimum Gasteiger partial charge on any atom is -0.360 e. The van der Waals surface area contributed by atoms with E-state index < -0.39 is 0 Å². The first kappa shape index (κ1) is 12.3. The molecule has 1 aliphatic carbocycles. The lowest BCUT2D eigenvalue weighted by Crippen LogP contribution is -2.29. The molecule has 1 aromatic carbocycles. The van der Waals surface area contributed by atoms with Crippen LogP contribution in [-0.4, -0.2) is 22.5 Å². The third-order valence-corrected chi connectivity index (χ3v) is 6.22. The van der Waals surface area contributed by atoms with Gasteiger partial charge in [0.25, 0.3) is 0 Å². The zero-order chi connectivity index (χ0) is 12.4. The van der Waals surface area contributed by atoms with E-state index in [2.05, 4.69) is 34.8 Å². The van der Waals surface area contributed by atoms with Crippen molar-refractivity contribution in [1.82, 2.24) is 4.98 Å². The summed E-state index contributed by atoms with van der Waals surface area (Å²) in [6.45, 7) is 1.05. The highest BCUT2D eigenvalue weighted by molar-refractivity contribution is 8.00. The van der Waals surface area contributed by atoms with Crippen LogP contribution in [0.3, 0.4) is 0 Å². The Balaban J connectivity index is 1.72. The lowest BCUT2D eigenvalue weighted by atomic mass is 10.1. The van der Waals surface area contributed by atoms with Crippen LogP contribution in [0.15, 0.2) is 24.3 Å². The highest BCUT2D eigenvalue weighted by Gasteiger charge is 2.32. The zero-order valence-electron chi connectivity index (χ0n) is 10.6. The predicted molar refractivity (Wildman–Crippen MR) is 82.8 cm³/mol. The zero-order valence-corrected chi connectivity index (χ0v) is 12.2. The fourth-order valence-corrected chi connectivity index (χ4v) is 4.43. The summed E-state index contributed by atoms with van der Waals surface area (Å²) in [5.41, 5.74) is 1.11. The van der Waals surface area contributed by atoms with Gasteiger partial charge in [-0.3, -0.25) is 0 Å². The number of para-hydroxylation sites is 1. The van der Waals surface area contributed by atoms with Crippen molar-refractivity contribution < 1.29 is 0 Å². The van der Waals surface area contributed by atoms with Crippen LogP contribution in [0.25, 0.3) is 10.2 Å². The van der Waals surface area contributed by atoms with Gasteiger partial charge in [-0.1, -0.05) is 36.3 Å². The van der Waals surface area contributed by atoms with Crippen molar-refractivity contribution in [3.8, 4) is 0 Å². The Morgan fingerprint density at radius 2 is 2.11 bits per heavy atom. The summed E-state index contributed by atoms with van der Waals surface area (Å²) in [5.74, 6) is 0. The molecule has 0 atom stereocenters. The van der Waals surface area contributed by atoms with E-state index in [1.165, 1.54) is 30.4 Å². The topological polar surface area (TPSA) is 24.9 Å². The summed E-state index contributed by atoms with van der Waals surface area (Å²) < 4.78 is 1.71. The summed E-state index contributed by atoms with van der Waals surface area (Å²) in [6, 6.07) is 8.34. The molecule has 0 radical (unpaired) electrons. The van der Waals surface area contributed by atoms with E-state index in [1.807, 2.05) is 17.8 Å². The van der Waals surface area contributed by atoms with Gasteiger partial charge in [-0.2, -0.15) is 11.8 Å². The Hall–Kier alpha value is -0.740. The van der Waals surface area contributed by atoms with Crippen molar-refractivity contribution in [3.63, 3.8) is 0 Å². The fraction of sp³-hybridized carbons (Fsp3) is 0.500. The summed E-state index contributed by atoms with van der Waals surface area (Å²) in [4.78, 5) is 4.64. The van der Waals surface area contributed by atoms with Gasteiger partial charge in [-0.25, -0.2) is 4.98 Å². The number of anilines is 1. The molecule has 1 heterocycles. The van der Waals surface area contributed by atoms with Gasteiger partial charge in [0.15, 0.2) is 5.13 Å². The number of aromatic nitrogens is 1. The summed E-state index contributed by atoms with van der Waals surface area (Å²) in [7, 11) is 0. The van der Waals surface area contributed by atoms with E-state index >= 15 is 0 Å². The minimum atomic E-state index is 0.442. The van der Waals surface area contributed by atoms with Gasteiger partial charge < -0.3 is 5.32 Å². The summed E-state index contributed by atoms with van der Waals surface area (Å²) >= 11 is 3.78. The molecule has 2 nitrogen and oxygen atoms in total. The van der Waals surface area contributed by atoms with Crippen LogP contribution in [0.2, 0.25) is 0 Å². The lowest BCUT2D eigenvalue weighted by molar-refractivity contribution is 0.640. The molecule has 0 aliphatic heterocycles. The SMILES string of the molecule is CSC1(CNc2nc3ccccc3s2)CCCC1. The Labute approximate surface area is 116 Å². The van der Waals surface area contributed by atoms with Gasteiger partial charge in [0.2, 0.25) is 0 Å². The second kappa shape index (κ2) is 5.10. The van der Waals surface area contributed by atoms with Crippen LogP contribution in [0.4, 0.5) is 5.13 Å². The summed E-state index contributed by atoms with van der Waals surface area (Å²) in [5, 5.41) is 4.62. The largest absolute Gasteiger partial charge is 0.360 e. The highest BCUT2D eigenvalue weighted by Crippen LogP contribution is 2.40. The molecule has 2 aromatic rings. The second-order valence-electron chi connectivity index (χ2n) is 4.93. The van der Waals surface area contributed by atoms with E-state index in [0.717, 1.165) is 17.2 Å². The second-order valence-corrected chi connectivity index (χ2v) is 7.24. The number of thiazole rings is 1. The molecule has 0 bridgehead atoms. The highest BCUT2D eigenvalue weighted by atomic mass is 32.2. The van der Waals surface area contributed by atoms with Crippen molar-refractivity contribution in [2.24, 2.45) is 0 Å². The molecule has 0 unspecified atom stereocenters. The molecule has 1 N–H and O–H groups in total. The van der Waals surface area contributed by atoms with Crippen LogP contribution in [-0.2, 0) is 0 Å². The number of nitrogens with zero attached hydrogens (tertiary/aromatic N) is 1. The van der Waals surface area contributed by atoms with Crippen LogP contribution in [0, 0.1) is 0 Å². The normalized spacial score (nSPS) is 18.3. The van der Waals surface area contributed by atoms with E-state index in [0.29, 0.717) is 4.75 Å². The van der Waals surface area contributed by atoms with Gasteiger partial charge in [-0.05, 0) is 31.2 Å². The number of thioether (sulfide) groups is 1. The molecule has 96 valence electrons. The molecular weight excluding hydrogens is 260 g/mol. The van der Waals surface area contributed by atoms with E-state index in [4.69, 9.17) is 0 Å². The number of hydrogen-bond donors (Lipinski definition) is 1. The maximum Gasteiger partial charge on any atom is 0.183 e.